The van der Waals surface area contributed by atoms with Gasteiger partial charge in [-0.3, -0.25) is 9.78 Å². The number of amides is 1. The molecule has 0 N–H and O–H groups in total. The molecule has 4 nitrogen and oxygen atoms in total. The molecule has 1 aromatic heterocycles. The average Bonchev–Trinajstić information content (AvgIpc) is 3.05. The fourth-order valence-corrected chi connectivity index (χ4v) is 6.82. The number of allylic oxidation sites excluding steroid dienone is 5. The summed E-state index contributed by atoms with van der Waals surface area (Å²) in [6, 6.07) is 2.11. The molecule has 0 saturated heterocycles. The molecule has 4 aliphatic rings. The lowest BCUT2D eigenvalue weighted by Gasteiger charge is -2.55. The van der Waals surface area contributed by atoms with Gasteiger partial charge in [-0.1, -0.05) is 31.6 Å². The predicted molar refractivity (Wildman–Crippen MR) is 119 cm³/mol. The van der Waals surface area contributed by atoms with Crippen LogP contribution in [0.25, 0.3) is 5.57 Å². The van der Waals surface area contributed by atoms with E-state index in [0.717, 1.165) is 25.0 Å². The summed E-state index contributed by atoms with van der Waals surface area (Å²) in [5, 5.41) is 0. The molecule has 1 amide bonds. The maximum Gasteiger partial charge on any atom is 0.226 e. The van der Waals surface area contributed by atoms with Crippen molar-refractivity contribution in [2.24, 2.45) is 22.7 Å². The zero-order valence-electron chi connectivity index (χ0n) is 18.6. The van der Waals surface area contributed by atoms with Crippen LogP contribution in [-0.2, 0) is 4.79 Å². The minimum absolute atomic E-state index is 0.0735. The third-order valence-electron chi connectivity index (χ3n) is 8.64. The predicted octanol–water partition coefficient (Wildman–Crippen LogP) is 5.38. The third kappa shape index (κ3) is 2.72. The maximum absolute atomic E-state index is 12.4. The molecule has 158 valence electrons. The number of ether oxygens (including phenoxy) is 1. The van der Waals surface area contributed by atoms with Crippen LogP contribution < -0.4 is 4.74 Å². The zero-order chi connectivity index (χ0) is 21.1. The maximum atomic E-state index is 12.4. The van der Waals surface area contributed by atoms with Crippen LogP contribution in [-0.4, -0.2) is 29.9 Å². The average molecular weight is 405 g/mol. The van der Waals surface area contributed by atoms with E-state index < -0.39 is 0 Å². The second kappa shape index (κ2) is 6.83. The highest BCUT2D eigenvalue weighted by atomic mass is 16.5. The lowest BCUT2D eigenvalue weighted by atomic mass is 9.49. The van der Waals surface area contributed by atoms with Crippen LogP contribution in [0.5, 0.6) is 5.75 Å². The first-order chi connectivity index (χ1) is 14.4. The number of pyridine rings is 1. The summed E-state index contributed by atoms with van der Waals surface area (Å²) in [6.07, 6.45) is 16.9. The highest BCUT2D eigenvalue weighted by Gasteiger charge is 2.54. The van der Waals surface area contributed by atoms with Crippen molar-refractivity contribution in [2.75, 3.05) is 14.2 Å². The molecule has 0 radical (unpaired) electrons. The van der Waals surface area contributed by atoms with Crippen molar-refractivity contribution >= 4 is 11.5 Å². The van der Waals surface area contributed by atoms with Crippen LogP contribution in [0, 0.1) is 22.7 Å². The molecule has 0 bridgehead atoms. The molecular weight excluding hydrogens is 372 g/mol. The van der Waals surface area contributed by atoms with Gasteiger partial charge in [0.2, 0.25) is 5.91 Å². The molecular formula is C26H32N2O2. The fourth-order valence-electron chi connectivity index (χ4n) is 6.82. The van der Waals surface area contributed by atoms with Crippen LogP contribution >= 0.6 is 0 Å². The number of methoxy groups -OCH3 is 1. The van der Waals surface area contributed by atoms with E-state index in [1.807, 2.05) is 18.1 Å². The Kier molecular flexibility index (Phi) is 4.46. The van der Waals surface area contributed by atoms with Gasteiger partial charge in [-0.25, -0.2) is 0 Å². The summed E-state index contributed by atoms with van der Waals surface area (Å²) in [7, 11) is 3.62. The van der Waals surface area contributed by atoms with E-state index in [4.69, 9.17) is 4.74 Å². The summed E-state index contributed by atoms with van der Waals surface area (Å²) in [5.41, 5.74) is 5.84. The van der Waals surface area contributed by atoms with Crippen molar-refractivity contribution in [3.63, 3.8) is 0 Å². The molecule has 5 rings (SSSR count). The number of hydrogen-bond acceptors (Lipinski definition) is 3. The van der Waals surface area contributed by atoms with Gasteiger partial charge in [0.25, 0.3) is 0 Å². The van der Waals surface area contributed by atoms with Crippen molar-refractivity contribution in [3.8, 4) is 5.75 Å². The van der Waals surface area contributed by atoms with Gasteiger partial charge >= 0.3 is 0 Å². The number of fused-ring (bicyclic) bond motifs is 5. The Morgan fingerprint density at radius 2 is 1.97 bits per heavy atom. The summed E-state index contributed by atoms with van der Waals surface area (Å²) in [4.78, 5) is 18.6. The molecule has 2 fully saturated rings. The Hall–Kier alpha value is -2.36. The van der Waals surface area contributed by atoms with Crippen LogP contribution in [0.1, 0.15) is 57.9 Å². The Morgan fingerprint density at radius 3 is 2.77 bits per heavy atom. The van der Waals surface area contributed by atoms with Gasteiger partial charge in [0.15, 0.2) is 0 Å². The number of carbonyl (C=O) groups is 1. The largest absolute Gasteiger partial charge is 0.495 e. The molecule has 4 heteroatoms. The minimum atomic E-state index is 0.0735. The molecule has 2 saturated carbocycles. The smallest absolute Gasteiger partial charge is 0.226 e. The van der Waals surface area contributed by atoms with Crippen molar-refractivity contribution in [1.82, 2.24) is 9.88 Å². The fraction of sp³-hybridized carbons (Fsp3) is 0.538. The Balaban J connectivity index is 1.47. The first-order valence-corrected chi connectivity index (χ1v) is 11.3. The third-order valence-corrected chi connectivity index (χ3v) is 8.64. The molecule has 3 aliphatic carbocycles. The van der Waals surface area contributed by atoms with Gasteiger partial charge < -0.3 is 9.64 Å². The second-order valence-electron chi connectivity index (χ2n) is 10.0. The standard InChI is InChI=1S/C26H32N2O2/c1-25-12-10-24(29)28(3)16-18(25)5-6-20-22-8-7-21(26(22,2)11-9-23(20)25)17-13-19(30-4)15-27-14-17/h7-8,13-16,20,23H,5-6,9-12H2,1-4H3/t20?,23?,25-,26+/m0/s1. The summed E-state index contributed by atoms with van der Waals surface area (Å²) >= 11 is 0. The van der Waals surface area contributed by atoms with Crippen molar-refractivity contribution in [3.05, 3.63) is 53.5 Å². The molecule has 30 heavy (non-hydrogen) atoms. The Bertz CT molecular complexity index is 991. The van der Waals surface area contributed by atoms with Gasteiger partial charge in [0, 0.05) is 36.8 Å². The SMILES string of the molecule is COc1cncc(C2=CC=C3C4CCC5=CN(C)C(=O)CC[C@]5(C)C4CC[C@]23C)c1. The van der Waals surface area contributed by atoms with Gasteiger partial charge in [-0.05, 0) is 66.6 Å². The Morgan fingerprint density at radius 1 is 1.13 bits per heavy atom. The molecule has 0 spiro atoms. The number of aromatic nitrogens is 1. The molecule has 4 atom stereocenters. The van der Waals surface area contributed by atoms with Gasteiger partial charge in [0.1, 0.15) is 5.75 Å². The normalized spacial score (nSPS) is 35.4. The van der Waals surface area contributed by atoms with E-state index >= 15 is 0 Å². The number of rotatable bonds is 2. The van der Waals surface area contributed by atoms with Gasteiger partial charge in [0.05, 0.1) is 13.3 Å². The van der Waals surface area contributed by atoms with Crippen LogP contribution in [0.4, 0.5) is 0 Å². The molecule has 1 aliphatic heterocycles. The quantitative estimate of drug-likeness (QED) is 0.664. The summed E-state index contributed by atoms with van der Waals surface area (Å²) < 4.78 is 5.43. The highest BCUT2D eigenvalue weighted by molar-refractivity contribution is 5.79. The summed E-state index contributed by atoms with van der Waals surface area (Å²) in [6.45, 7) is 4.85. The second-order valence-corrected chi connectivity index (χ2v) is 10.0. The van der Waals surface area contributed by atoms with Crippen LogP contribution in [0.15, 0.2) is 48.0 Å². The van der Waals surface area contributed by atoms with E-state index in [-0.39, 0.29) is 16.7 Å². The van der Waals surface area contributed by atoms with Gasteiger partial charge in [-0.2, -0.15) is 0 Å². The molecule has 1 aromatic rings. The van der Waals surface area contributed by atoms with E-state index in [1.165, 1.54) is 29.6 Å². The Labute approximate surface area is 179 Å². The van der Waals surface area contributed by atoms with E-state index in [2.05, 4.69) is 43.2 Å². The van der Waals surface area contributed by atoms with Crippen molar-refractivity contribution in [1.29, 1.82) is 0 Å². The molecule has 0 aromatic carbocycles. The number of hydrogen-bond donors (Lipinski definition) is 0. The molecule has 2 heterocycles. The van der Waals surface area contributed by atoms with Crippen LogP contribution in [0.2, 0.25) is 0 Å². The zero-order valence-corrected chi connectivity index (χ0v) is 18.6. The van der Waals surface area contributed by atoms with E-state index in [1.54, 1.807) is 18.9 Å². The monoisotopic (exact) mass is 404 g/mol. The lowest BCUT2D eigenvalue weighted by Crippen LogP contribution is -2.45. The van der Waals surface area contributed by atoms with E-state index in [0.29, 0.717) is 18.3 Å². The van der Waals surface area contributed by atoms with Crippen LogP contribution in [0.3, 0.4) is 0 Å². The minimum Gasteiger partial charge on any atom is -0.495 e. The van der Waals surface area contributed by atoms with Gasteiger partial charge in [-0.15, -0.1) is 0 Å². The number of nitrogens with zero attached hydrogens (tertiary/aromatic N) is 2. The first kappa shape index (κ1) is 19.6. The van der Waals surface area contributed by atoms with E-state index in [9.17, 15) is 4.79 Å². The van der Waals surface area contributed by atoms with Crippen molar-refractivity contribution < 1.29 is 9.53 Å². The van der Waals surface area contributed by atoms with Crippen molar-refractivity contribution in [2.45, 2.75) is 52.4 Å². The lowest BCUT2D eigenvalue weighted by molar-refractivity contribution is -0.127. The summed E-state index contributed by atoms with van der Waals surface area (Å²) in [5.74, 6) is 2.28. The number of carbonyl (C=O) groups excluding carboxylic acids is 1. The first-order valence-electron chi connectivity index (χ1n) is 11.3. The molecule has 2 unspecified atom stereocenters. The topological polar surface area (TPSA) is 42.4 Å². The highest BCUT2D eigenvalue weighted by Crippen LogP contribution is 2.64.